The second kappa shape index (κ2) is 5.58. The largest absolute Gasteiger partial charge is 0.394 e. The number of hydrogen-bond acceptors (Lipinski definition) is 5. The topological polar surface area (TPSA) is 99.0 Å². The van der Waals surface area contributed by atoms with Gasteiger partial charge < -0.3 is 25.4 Å². The van der Waals surface area contributed by atoms with E-state index in [-0.39, 0.29) is 12.5 Å². The Kier molecular flexibility index (Phi) is 4.67. The maximum atomic E-state index is 11.0. The monoisotopic (exact) mass is 233 g/mol. The number of aliphatic hydroxyl groups is 3. The van der Waals surface area contributed by atoms with Crippen LogP contribution in [0.4, 0.5) is 0 Å². The van der Waals surface area contributed by atoms with E-state index in [0.717, 1.165) is 0 Å². The van der Waals surface area contributed by atoms with Gasteiger partial charge in [-0.2, -0.15) is 0 Å². The Bertz CT molecular complexity index is 245. The third-order valence-electron chi connectivity index (χ3n) is 2.80. The fraction of sp³-hybridized carbons (Fsp3) is 0.900. The van der Waals surface area contributed by atoms with E-state index in [4.69, 9.17) is 9.84 Å². The first-order valence-electron chi connectivity index (χ1n) is 5.40. The van der Waals surface area contributed by atoms with E-state index in [1.807, 2.05) is 6.92 Å². The summed E-state index contributed by atoms with van der Waals surface area (Å²) in [6, 6.07) is -0.639. The molecule has 0 aliphatic carbocycles. The Balaban J connectivity index is 2.77. The van der Waals surface area contributed by atoms with Crippen molar-refractivity contribution in [2.24, 2.45) is 0 Å². The van der Waals surface area contributed by atoms with E-state index in [2.05, 4.69) is 5.32 Å². The average molecular weight is 233 g/mol. The highest BCUT2D eigenvalue weighted by molar-refractivity contribution is 5.73. The molecule has 1 heterocycles. The van der Waals surface area contributed by atoms with Crippen molar-refractivity contribution >= 4 is 5.91 Å². The summed E-state index contributed by atoms with van der Waals surface area (Å²) in [5.74, 6) is -0.291. The van der Waals surface area contributed by atoms with Crippen LogP contribution >= 0.6 is 0 Å². The highest BCUT2D eigenvalue weighted by Crippen LogP contribution is 2.22. The standard InChI is InChI=1S/C10H19NO5/c1-3-6-8(11-5(2)13)10(15)9(14)7(4-12)16-6/h6-10,12,14-15H,3-4H2,1-2H3,(H,11,13)/t6?,7-,8+,9+,10-/m1/s1. The molecule has 5 atom stereocenters. The van der Waals surface area contributed by atoms with E-state index in [1.165, 1.54) is 6.92 Å². The molecule has 1 aliphatic heterocycles. The highest BCUT2D eigenvalue weighted by Gasteiger charge is 2.43. The van der Waals surface area contributed by atoms with Crippen LogP contribution in [0, 0.1) is 0 Å². The molecule has 0 aromatic carbocycles. The van der Waals surface area contributed by atoms with Crippen molar-refractivity contribution in [3.63, 3.8) is 0 Å². The van der Waals surface area contributed by atoms with Crippen LogP contribution in [0.15, 0.2) is 0 Å². The van der Waals surface area contributed by atoms with Gasteiger partial charge in [0.05, 0.1) is 18.8 Å². The highest BCUT2D eigenvalue weighted by atomic mass is 16.5. The molecule has 0 aromatic heterocycles. The molecular formula is C10H19NO5. The van der Waals surface area contributed by atoms with Crippen molar-refractivity contribution in [1.82, 2.24) is 5.32 Å². The zero-order chi connectivity index (χ0) is 12.3. The van der Waals surface area contributed by atoms with Gasteiger partial charge >= 0.3 is 0 Å². The minimum absolute atomic E-state index is 0.291. The second-order valence-corrected chi connectivity index (χ2v) is 4.01. The molecule has 0 bridgehead atoms. The molecule has 0 saturated carbocycles. The molecule has 1 saturated heterocycles. The van der Waals surface area contributed by atoms with E-state index in [0.29, 0.717) is 6.42 Å². The molecule has 1 unspecified atom stereocenters. The zero-order valence-corrected chi connectivity index (χ0v) is 9.46. The van der Waals surface area contributed by atoms with Crippen LogP contribution in [-0.4, -0.2) is 58.3 Å². The van der Waals surface area contributed by atoms with Crippen LogP contribution < -0.4 is 5.32 Å². The number of aliphatic hydroxyl groups excluding tert-OH is 3. The van der Waals surface area contributed by atoms with Crippen molar-refractivity contribution in [3.8, 4) is 0 Å². The Hall–Kier alpha value is -0.690. The van der Waals surface area contributed by atoms with Crippen LogP contribution in [0.3, 0.4) is 0 Å². The summed E-state index contributed by atoms with van der Waals surface area (Å²) in [6.45, 7) is 2.82. The lowest BCUT2D eigenvalue weighted by Gasteiger charge is -2.42. The number of rotatable bonds is 3. The third kappa shape index (κ3) is 2.70. The molecule has 1 aliphatic rings. The molecule has 4 N–H and O–H groups in total. The van der Waals surface area contributed by atoms with Crippen molar-refractivity contribution in [3.05, 3.63) is 0 Å². The Morgan fingerprint density at radius 2 is 1.94 bits per heavy atom. The third-order valence-corrected chi connectivity index (χ3v) is 2.80. The van der Waals surface area contributed by atoms with Gasteiger partial charge in [0.15, 0.2) is 0 Å². The maximum Gasteiger partial charge on any atom is 0.217 e. The van der Waals surface area contributed by atoms with Crippen molar-refractivity contribution in [1.29, 1.82) is 0 Å². The molecule has 6 heteroatoms. The zero-order valence-electron chi connectivity index (χ0n) is 9.46. The first-order valence-corrected chi connectivity index (χ1v) is 5.40. The lowest BCUT2D eigenvalue weighted by atomic mass is 9.91. The quantitative estimate of drug-likeness (QED) is 0.470. The van der Waals surface area contributed by atoms with Crippen LogP contribution in [0.2, 0.25) is 0 Å². The minimum atomic E-state index is -1.19. The molecular weight excluding hydrogens is 214 g/mol. The lowest BCUT2D eigenvalue weighted by molar-refractivity contribution is -0.195. The van der Waals surface area contributed by atoms with Gasteiger partial charge in [-0.05, 0) is 6.42 Å². The van der Waals surface area contributed by atoms with Gasteiger partial charge in [-0.1, -0.05) is 6.92 Å². The molecule has 0 spiro atoms. The van der Waals surface area contributed by atoms with Gasteiger partial charge in [-0.3, -0.25) is 4.79 Å². The number of carbonyl (C=O) groups excluding carboxylic acids is 1. The van der Waals surface area contributed by atoms with E-state index in [9.17, 15) is 15.0 Å². The van der Waals surface area contributed by atoms with E-state index in [1.54, 1.807) is 0 Å². The fourth-order valence-electron chi connectivity index (χ4n) is 1.96. The Morgan fingerprint density at radius 1 is 1.31 bits per heavy atom. The normalized spacial score (nSPS) is 39.4. The molecule has 94 valence electrons. The summed E-state index contributed by atoms with van der Waals surface area (Å²) in [4.78, 5) is 11.0. The smallest absolute Gasteiger partial charge is 0.217 e. The lowest BCUT2D eigenvalue weighted by Crippen LogP contribution is -2.63. The number of ether oxygens (including phenoxy) is 1. The molecule has 6 nitrogen and oxygen atoms in total. The minimum Gasteiger partial charge on any atom is -0.394 e. The van der Waals surface area contributed by atoms with Crippen molar-refractivity contribution in [2.75, 3.05) is 6.61 Å². The molecule has 1 rings (SSSR count). The molecule has 1 amide bonds. The van der Waals surface area contributed by atoms with Crippen LogP contribution in [0.25, 0.3) is 0 Å². The summed E-state index contributed by atoms with van der Waals surface area (Å²) < 4.78 is 5.41. The fourth-order valence-corrected chi connectivity index (χ4v) is 1.96. The SMILES string of the molecule is CCC1O[C@H](CO)[C@H](O)[C@H](O)[C@H]1NC(C)=O. The van der Waals surface area contributed by atoms with Crippen LogP contribution in [0.1, 0.15) is 20.3 Å². The van der Waals surface area contributed by atoms with Gasteiger partial charge in [0, 0.05) is 6.92 Å². The van der Waals surface area contributed by atoms with Gasteiger partial charge in [0.1, 0.15) is 18.3 Å². The first-order chi connectivity index (χ1) is 7.51. The number of amides is 1. The first kappa shape index (κ1) is 13.4. The summed E-state index contributed by atoms with van der Waals surface area (Å²) in [5.41, 5.74) is 0. The van der Waals surface area contributed by atoms with Gasteiger partial charge in [-0.25, -0.2) is 0 Å². The number of hydrogen-bond donors (Lipinski definition) is 4. The number of nitrogens with one attached hydrogen (secondary N) is 1. The molecule has 1 fully saturated rings. The number of carbonyl (C=O) groups is 1. The molecule has 0 aromatic rings. The molecule has 0 radical (unpaired) electrons. The summed E-state index contributed by atoms with van der Waals surface area (Å²) in [7, 11) is 0. The second-order valence-electron chi connectivity index (χ2n) is 4.01. The van der Waals surface area contributed by atoms with Crippen LogP contribution in [-0.2, 0) is 9.53 Å². The van der Waals surface area contributed by atoms with Gasteiger partial charge in [0.25, 0.3) is 0 Å². The predicted octanol–water partition coefficient (Wildman–Crippen LogP) is -1.62. The predicted molar refractivity (Wildman–Crippen MR) is 55.7 cm³/mol. The van der Waals surface area contributed by atoms with Crippen molar-refractivity contribution in [2.45, 2.75) is 50.7 Å². The van der Waals surface area contributed by atoms with E-state index >= 15 is 0 Å². The Labute approximate surface area is 94.2 Å². The summed E-state index contributed by atoms with van der Waals surface area (Å²) in [5, 5.41) is 31.0. The van der Waals surface area contributed by atoms with Gasteiger partial charge in [0.2, 0.25) is 5.91 Å². The Morgan fingerprint density at radius 3 is 2.38 bits per heavy atom. The molecule has 16 heavy (non-hydrogen) atoms. The maximum absolute atomic E-state index is 11.0. The summed E-state index contributed by atoms with van der Waals surface area (Å²) >= 11 is 0. The average Bonchev–Trinajstić information content (AvgIpc) is 2.25. The summed E-state index contributed by atoms with van der Waals surface area (Å²) in [6.07, 6.45) is -2.94. The van der Waals surface area contributed by atoms with Crippen LogP contribution in [0.5, 0.6) is 0 Å². The van der Waals surface area contributed by atoms with E-state index < -0.39 is 30.5 Å². The van der Waals surface area contributed by atoms with Crippen molar-refractivity contribution < 1.29 is 24.9 Å². The van der Waals surface area contributed by atoms with Gasteiger partial charge in [-0.15, -0.1) is 0 Å².